The summed E-state index contributed by atoms with van der Waals surface area (Å²) in [5.74, 6) is -0.460. The molecular formula is C15H24IN3O5. The van der Waals surface area contributed by atoms with Crippen molar-refractivity contribution in [1.29, 1.82) is 0 Å². The van der Waals surface area contributed by atoms with Crippen LogP contribution in [0.4, 0.5) is 4.79 Å². The first kappa shape index (κ1) is 20.7. The Kier molecular flexibility index (Phi) is 7.94. The molecule has 1 unspecified atom stereocenters. The van der Waals surface area contributed by atoms with E-state index in [1.165, 1.54) is 4.68 Å². The number of alkyl carbamates (subject to hydrolysis) is 1. The predicted molar refractivity (Wildman–Crippen MR) is 96.1 cm³/mol. The summed E-state index contributed by atoms with van der Waals surface area (Å²) in [6.45, 7) is 7.83. The molecule has 0 aliphatic carbocycles. The maximum Gasteiger partial charge on any atom is 0.407 e. The number of rotatable bonds is 7. The minimum absolute atomic E-state index is 0.201. The zero-order chi connectivity index (χ0) is 18.3. The van der Waals surface area contributed by atoms with Gasteiger partial charge in [0.05, 0.1) is 29.0 Å². The van der Waals surface area contributed by atoms with Gasteiger partial charge in [0.15, 0.2) is 5.69 Å². The molecule has 8 nitrogen and oxygen atoms in total. The third-order valence-electron chi connectivity index (χ3n) is 2.81. The average Bonchev–Trinajstić information content (AvgIpc) is 2.83. The number of methoxy groups -OCH3 is 1. The second-order valence-electron chi connectivity index (χ2n) is 6.00. The number of aromatic nitrogens is 2. The molecule has 0 saturated heterocycles. The van der Waals surface area contributed by atoms with Gasteiger partial charge in [-0.05, 0) is 50.3 Å². The van der Waals surface area contributed by atoms with Crippen LogP contribution in [0.2, 0.25) is 0 Å². The van der Waals surface area contributed by atoms with Crippen LogP contribution < -0.4 is 5.32 Å². The summed E-state index contributed by atoms with van der Waals surface area (Å²) >= 11 is 2.02. The van der Waals surface area contributed by atoms with Crippen molar-refractivity contribution in [3.8, 4) is 0 Å². The van der Waals surface area contributed by atoms with Gasteiger partial charge in [0.2, 0.25) is 0 Å². The Labute approximate surface area is 155 Å². The molecule has 0 aliphatic heterocycles. The number of esters is 1. The van der Waals surface area contributed by atoms with Crippen LogP contribution in [0, 0.1) is 3.57 Å². The lowest BCUT2D eigenvalue weighted by atomic mass is 10.2. The lowest BCUT2D eigenvalue weighted by Crippen LogP contribution is -2.38. The fraction of sp³-hybridized carbons (Fsp3) is 0.667. The van der Waals surface area contributed by atoms with E-state index < -0.39 is 17.7 Å². The Hall–Kier alpha value is -1.36. The van der Waals surface area contributed by atoms with E-state index in [-0.39, 0.29) is 25.8 Å². The van der Waals surface area contributed by atoms with Crippen LogP contribution in [-0.4, -0.2) is 54.3 Å². The highest BCUT2D eigenvalue weighted by Crippen LogP contribution is 2.18. The molecule has 0 aromatic carbocycles. The van der Waals surface area contributed by atoms with E-state index in [1.807, 2.05) is 22.6 Å². The first-order chi connectivity index (χ1) is 11.2. The van der Waals surface area contributed by atoms with Crippen molar-refractivity contribution in [2.75, 3.05) is 26.9 Å². The van der Waals surface area contributed by atoms with E-state index in [1.54, 1.807) is 41.0 Å². The van der Waals surface area contributed by atoms with Crippen LogP contribution >= 0.6 is 22.6 Å². The number of amides is 1. The molecule has 1 atom stereocenters. The van der Waals surface area contributed by atoms with Crippen molar-refractivity contribution < 1.29 is 23.8 Å². The van der Waals surface area contributed by atoms with Gasteiger partial charge < -0.3 is 19.5 Å². The highest BCUT2D eigenvalue weighted by Gasteiger charge is 2.25. The van der Waals surface area contributed by atoms with Crippen LogP contribution in [0.1, 0.15) is 44.2 Å². The molecule has 0 saturated carbocycles. The van der Waals surface area contributed by atoms with Gasteiger partial charge in [0.1, 0.15) is 5.60 Å². The molecule has 1 N–H and O–H groups in total. The van der Waals surface area contributed by atoms with Gasteiger partial charge >= 0.3 is 12.1 Å². The molecule has 136 valence electrons. The first-order valence-corrected chi connectivity index (χ1v) is 8.63. The minimum Gasteiger partial charge on any atom is -0.461 e. The van der Waals surface area contributed by atoms with Gasteiger partial charge in [-0.1, -0.05) is 0 Å². The Bertz CT molecular complexity index is 568. The molecule has 1 aromatic rings. The molecule has 0 radical (unpaired) electrons. The van der Waals surface area contributed by atoms with Crippen molar-refractivity contribution in [1.82, 2.24) is 15.1 Å². The molecule has 9 heteroatoms. The molecule has 0 bridgehead atoms. The topological polar surface area (TPSA) is 91.7 Å². The summed E-state index contributed by atoms with van der Waals surface area (Å²) in [7, 11) is 1.54. The van der Waals surface area contributed by atoms with Crippen molar-refractivity contribution in [3.63, 3.8) is 0 Å². The van der Waals surface area contributed by atoms with E-state index in [9.17, 15) is 9.59 Å². The van der Waals surface area contributed by atoms with Crippen LogP contribution in [0.3, 0.4) is 0 Å². The Balaban J connectivity index is 2.89. The molecule has 0 aliphatic rings. The van der Waals surface area contributed by atoms with Crippen LogP contribution in [0.15, 0.2) is 6.20 Å². The SMILES string of the molecule is CCOC(=O)c1c(I)cnn1C(CNC(=O)OC(C)(C)C)COC. The molecule has 1 aromatic heterocycles. The number of nitrogens with one attached hydrogen (secondary N) is 1. The lowest BCUT2D eigenvalue weighted by Gasteiger charge is -2.22. The molecule has 1 rings (SSSR count). The van der Waals surface area contributed by atoms with E-state index in [4.69, 9.17) is 14.2 Å². The average molecular weight is 453 g/mol. The van der Waals surface area contributed by atoms with Gasteiger partial charge in [0, 0.05) is 13.7 Å². The molecule has 0 fully saturated rings. The number of halogens is 1. The molecular weight excluding hydrogens is 429 g/mol. The summed E-state index contributed by atoms with van der Waals surface area (Å²) < 4.78 is 17.7. The van der Waals surface area contributed by atoms with E-state index in [0.29, 0.717) is 9.26 Å². The Morgan fingerprint density at radius 3 is 2.62 bits per heavy atom. The zero-order valence-electron chi connectivity index (χ0n) is 14.6. The summed E-state index contributed by atoms with van der Waals surface area (Å²) in [4.78, 5) is 24.0. The molecule has 0 spiro atoms. The second kappa shape index (κ2) is 9.21. The van der Waals surface area contributed by atoms with E-state index >= 15 is 0 Å². The highest BCUT2D eigenvalue weighted by molar-refractivity contribution is 14.1. The summed E-state index contributed by atoms with van der Waals surface area (Å²) in [5, 5.41) is 6.90. The van der Waals surface area contributed by atoms with Crippen LogP contribution in [-0.2, 0) is 14.2 Å². The van der Waals surface area contributed by atoms with Gasteiger partial charge in [-0.2, -0.15) is 5.10 Å². The largest absolute Gasteiger partial charge is 0.461 e. The standard InChI is InChI=1S/C15H24IN3O5/c1-6-23-13(20)12-11(16)8-18-19(12)10(9-22-5)7-17-14(21)24-15(2,3)4/h8,10H,6-7,9H2,1-5H3,(H,17,21). The second-order valence-corrected chi connectivity index (χ2v) is 7.16. The predicted octanol–water partition coefficient (Wildman–Crippen LogP) is 2.38. The molecule has 1 heterocycles. The van der Waals surface area contributed by atoms with Gasteiger partial charge in [-0.25, -0.2) is 14.3 Å². The van der Waals surface area contributed by atoms with E-state index in [2.05, 4.69) is 10.4 Å². The van der Waals surface area contributed by atoms with Crippen LogP contribution in [0.5, 0.6) is 0 Å². The summed E-state index contributed by atoms with van der Waals surface area (Å²) in [5.41, 5.74) is -0.247. The number of hydrogen-bond acceptors (Lipinski definition) is 6. The number of ether oxygens (including phenoxy) is 3. The van der Waals surface area contributed by atoms with Crippen LogP contribution in [0.25, 0.3) is 0 Å². The zero-order valence-corrected chi connectivity index (χ0v) is 16.7. The van der Waals surface area contributed by atoms with E-state index in [0.717, 1.165) is 0 Å². The smallest absolute Gasteiger partial charge is 0.407 e. The molecule has 1 amide bonds. The number of carbonyl (C=O) groups excluding carboxylic acids is 2. The van der Waals surface area contributed by atoms with Gasteiger partial charge in [-0.15, -0.1) is 0 Å². The maximum absolute atomic E-state index is 12.1. The quantitative estimate of drug-likeness (QED) is 0.504. The fourth-order valence-corrected chi connectivity index (χ4v) is 2.52. The minimum atomic E-state index is -0.585. The number of nitrogens with zero attached hydrogens (tertiary/aromatic N) is 2. The third-order valence-corrected chi connectivity index (χ3v) is 3.59. The van der Waals surface area contributed by atoms with Crippen molar-refractivity contribution in [2.24, 2.45) is 0 Å². The first-order valence-electron chi connectivity index (χ1n) is 7.55. The highest BCUT2D eigenvalue weighted by atomic mass is 127. The summed E-state index contributed by atoms with van der Waals surface area (Å²) in [6.07, 6.45) is 1.03. The number of hydrogen-bond donors (Lipinski definition) is 1. The van der Waals surface area contributed by atoms with Crippen molar-refractivity contribution in [2.45, 2.75) is 39.3 Å². The van der Waals surface area contributed by atoms with Gasteiger partial charge in [-0.3, -0.25) is 0 Å². The third kappa shape index (κ3) is 6.27. The van der Waals surface area contributed by atoms with Gasteiger partial charge in [0.25, 0.3) is 0 Å². The van der Waals surface area contributed by atoms with Crippen molar-refractivity contribution >= 4 is 34.7 Å². The normalized spacial score (nSPS) is 12.6. The lowest BCUT2D eigenvalue weighted by molar-refractivity contribution is 0.0490. The molecule has 24 heavy (non-hydrogen) atoms. The summed E-state index contributed by atoms with van der Waals surface area (Å²) in [6, 6.07) is -0.370. The number of carbonyl (C=O) groups is 2. The maximum atomic E-state index is 12.1. The van der Waals surface area contributed by atoms with Crippen molar-refractivity contribution in [3.05, 3.63) is 15.5 Å². The fourth-order valence-electron chi connectivity index (χ4n) is 1.93. The Morgan fingerprint density at radius 2 is 2.08 bits per heavy atom. The monoisotopic (exact) mass is 453 g/mol. The Morgan fingerprint density at radius 1 is 1.42 bits per heavy atom.